The van der Waals surface area contributed by atoms with Crippen LogP contribution in [0.25, 0.3) is 5.69 Å². The lowest BCUT2D eigenvalue weighted by Crippen LogP contribution is -2.73. The molecule has 0 aliphatic carbocycles. The number of pyridine rings is 1. The van der Waals surface area contributed by atoms with E-state index in [0.29, 0.717) is 18.1 Å². The first-order chi connectivity index (χ1) is 16.8. The van der Waals surface area contributed by atoms with E-state index in [0.717, 1.165) is 55.0 Å². The molecule has 4 aliphatic heterocycles. The topological polar surface area (TPSA) is 87.5 Å². The summed E-state index contributed by atoms with van der Waals surface area (Å²) in [6.07, 6.45) is 1.92. The van der Waals surface area contributed by atoms with Crippen LogP contribution in [-0.2, 0) is 22.9 Å². The van der Waals surface area contributed by atoms with E-state index in [1.54, 1.807) is 0 Å². The van der Waals surface area contributed by atoms with Gasteiger partial charge in [-0.05, 0) is 42.3 Å². The second-order valence-electron chi connectivity index (χ2n) is 10.6. The number of nitrogens with zero attached hydrogens (tertiary/aromatic N) is 7. The molecule has 11 heteroatoms. The number of sulfone groups is 1. The van der Waals surface area contributed by atoms with E-state index in [2.05, 4.69) is 53.5 Å². The lowest BCUT2D eigenvalue weighted by atomic mass is 9.73. The zero-order chi connectivity index (χ0) is 23.9. The molecule has 2 aromatic heterocycles. The Kier molecular flexibility index (Phi) is 4.57. The van der Waals surface area contributed by atoms with Crippen molar-refractivity contribution in [2.24, 2.45) is 5.41 Å². The van der Waals surface area contributed by atoms with Gasteiger partial charge < -0.3 is 9.80 Å². The van der Waals surface area contributed by atoms with E-state index in [9.17, 15) is 8.42 Å². The third-order valence-corrected chi connectivity index (χ3v) is 9.75. The van der Waals surface area contributed by atoms with Gasteiger partial charge in [0, 0.05) is 55.4 Å². The summed E-state index contributed by atoms with van der Waals surface area (Å²) in [5, 5.41) is 9.82. The highest BCUT2D eigenvalue weighted by Gasteiger charge is 2.53. The lowest BCUT2D eigenvalue weighted by Gasteiger charge is -2.60. The van der Waals surface area contributed by atoms with E-state index >= 15 is 0 Å². The molecule has 3 fully saturated rings. The average Bonchev–Trinajstić information content (AvgIpc) is 3.06. The second-order valence-corrected chi connectivity index (χ2v) is 13.2. The maximum Gasteiger partial charge on any atom is 0.231 e. The zero-order valence-electron chi connectivity index (χ0n) is 19.4. The highest BCUT2D eigenvalue weighted by atomic mass is 35.5. The van der Waals surface area contributed by atoms with Crippen molar-refractivity contribution in [3.05, 3.63) is 58.5 Å². The fraction of sp³-hybridized carbons (Fsp3) is 0.458. The van der Waals surface area contributed by atoms with E-state index in [-0.39, 0.29) is 23.0 Å². The number of aromatic nitrogens is 4. The van der Waals surface area contributed by atoms with Crippen molar-refractivity contribution in [1.82, 2.24) is 24.6 Å². The fourth-order valence-corrected chi connectivity index (χ4v) is 7.59. The minimum Gasteiger partial charge on any atom is -0.355 e. The third-order valence-electron chi connectivity index (χ3n) is 7.73. The van der Waals surface area contributed by atoms with Gasteiger partial charge >= 0.3 is 0 Å². The molecule has 0 N–H and O–H groups in total. The van der Waals surface area contributed by atoms with Crippen LogP contribution in [-0.4, -0.2) is 76.8 Å². The molecule has 0 saturated carbocycles. The Morgan fingerprint density at radius 3 is 2.49 bits per heavy atom. The molecule has 4 aliphatic rings. The molecule has 0 atom stereocenters. The minimum absolute atomic E-state index is 0.00199. The summed E-state index contributed by atoms with van der Waals surface area (Å²) in [6, 6.07) is 10.1. The third kappa shape index (κ3) is 3.53. The van der Waals surface area contributed by atoms with Crippen LogP contribution in [0.1, 0.15) is 17.0 Å². The Labute approximate surface area is 209 Å². The second kappa shape index (κ2) is 7.41. The van der Waals surface area contributed by atoms with Crippen molar-refractivity contribution in [2.75, 3.05) is 47.5 Å². The van der Waals surface area contributed by atoms with Crippen molar-refractivity contribution in [1.29, 1.82) is 0 Å². The quantitative estimate of drug-likeness (QED) is 0.528. The standard InChI is InChI=1S/C24H26ClN7O2S/c1-16-2-5-21(26-7-16)30-12-24(13-30)14-31(15-24)23-28-27-22-9-29(19-10-35(33,34)11-19)8-17-6-18(25)3-4-20(17)32(22)23/h2-7,19H,8-15H2,1H3. The van der Waals surface area contributed by atoms with Crippen LogP contribution in [0.2, 0.25) is 5.02 Å². The van der Waals surface area contributed by atoms with Crippen LogP contribution in [0.15, 0.2) is 36.5 Å². The molecule has 0 unspecified atom stereocenters. The van der Waals surface area contributed by atoms with E-state index in [1.807, 2.05) is 24.4 Å². The first-order valence-electron chi connectivity index (χ1n) is 11.9. The molecule has 6 heterocycles. The predicted octanol–water partition coefficient (Wildman–Crippen LogP) is 2.06. The summed E-state index contributed by atoms with van der Waals surface area (Å²) in [4.78, 5) is 11.4. The van der Waals surface area contributed by atoms with Gasteiger partial charge in [-0.2, -0.15) is 0 Å². The van der Waals surface area contributed by atoms with Gasteiger partial charge in [0.1, 0.15) is 5.82 Å². The van der Waals surface area contributed by atoms with Gasteiger partial charge in [0.15, 0.2) is 15.7 Å². The monoisotopic (exact) mass is 511 g/mol. The lowest BCUT2D eigenvalue weighted by molar-refractivity contribution is 0.153. The Bertz CT molecular complexity index is 1410. The number of aryl methyl sites for hydroxylation is 1. The smallest absolute Gasteiger partial charge is 0.231 e. The number of hydrogen-bond acceptors (Lipinski definition) is 8. The van der Waals surface area contributed by atoms with Crippen molar-refractivity contribution in [2.45, 2.75) is 26.1 Å². The van der Waals surface area contributed by atoms with Gasteiger partial charge in [-0.15, -0.1) is 10.2 Å². The Morgan fingerprint density at radius 2 is 1.77 bits per heavy atom. The first-order valence-corrected chi connectivity index (χ1v) is 14.1. The maximum atomic E-state index is 11.8. The minimum atomic E-state index is -2.92. The van der Waals surface area contributed by atoms with Gasteiger partial charge in [-0.25, -0.2) is 13.4 Å². The van der Waals surface area contributed by atoms with Gasteiger partial charge in [-0.3, -0.25) is 9.47 Å². The molecule has 1 aromatic carbocycles. The molecular formula is C24H26ClN7O2S. The van der Waals surface area contributed by atoms with Gasteiger partial charge in [-0.1, -0.05) is 17.7 Å². The number of anilines is 2. The molecule has 35 heavy (non-hydrogen) atoms. The summed E-state index contributed by atoms with van der Waals surface area (Å²) in [5.41, 5.74) is 3.52. The van der Waals surface area contributed by atoms with E-state index in [4.69, 9.17) is 11.6 Å². The van der Waals surface area contributed by atoms with Crippen LogP contribution in [0.3, 0.4) is 0 Å². The highest BCUT2D eigenvalue weighted by Crippen LogP contribution is 2.44. The van der Waals surface area contributed by atoms with Gasteiger partial charge in [0.25, 0.3) is 0 Å². The Morgan fingerprint density at radius 1 is 1.00 bits per heavy atom. The number of fused-ring (bicyclic) bond motifs is 3. The summed E-state index contributed by atoms with van der Waals surface area (Å²) in [5.74, 6) is 3.13. The van der Waals surface area contributed by atoms with Crippen LogP contribution in [0.5, 0.6) is 0 Å². The number of hydrogen-bond donors (Lipinski definition) is 0. The Hall–Kier alpha value is -2.69. The molecule has 0 bridgehead atoms. The van der Waals surface area contributed by atoms with Gasteiger partial charge in [0.2, 0.25) is 5.95 Å². The van der Waals surface area contributed by atoms with Crippen LogP contribution >= 0.6 is 11.6 Å². The molecule has 0 radical (unpaired) electrons. The van der Waals surface area contributed by atoms with Crippen LogP contribution in [0, 0.1) is 12.3 Å². The number of rotatable bonds is 3. The SMILES string of the molecule is Cc1ccc(N2CC3(C2)CN(c2nnc4n2-c2ccc(Cl)cc2CN(C2CS(=O)(=O)C2)C4)C3)nc1. The molecular weight excluding hydrogens is 486 g/mol. The number of halogens is 1. The van der Waals surface area contributed by atoms with Crippen molar-refractivity contribution in [3.8, 4) is 5.69 Å². The Balaban J connectivity index is 1.14. The van der Waals surface area contributed by atoms with Crippen molar-refractivity contribution >= 4 is 33.2 Å². The largest absolute Gasteiger partial charge is 0.355 e. The normalized spacial score (nSPS) is 22.6. The summed E-state index contributed by atoms with van der Waals surface area (Å²) >= 11 is 6.35. The summed E-state index contributed by atoms with van der Waals surface area (Å²) in [7, 11) is -2.92. The van der Waals surface area contributed by atoms with E-state index in [1.165, 1.54) is 5.56 Å². The van der Waals surface area contributed by atoms with Crippen molar-refractivity contribution in [3.63, 3.8) is 0 Å². The molecule has 7 rings (SSSR count). The molecule has 9 nitrogen and oxygen atoms in total. The van der Waals surface area contributed by atoms with E-state index < -0.39 is 9.84 Å². The predicted molar refractivity (Wildman–Crippen MR) is 134 cm³/mol. The number of benzene rings is 1. The summed E-state index contributed by atoms with van der Waals surface area (Å²) < 4.78 is 25.8. The fourth-order valence-electron chi connectivity index (χ4n) is 5.90. The molecule has 0 amide bonds. The first kappa shape index (κ1) is 21.6. The molecule has 1 spiro atoms. The average molecular weight is 512 g/mol. The van der Waals surface area contributed by atoms with Crippen LogP contribution in [0.4, 0.5) is 11.8 Å². The van der Waals surface area contributed by atoms with Crippen LogP contribution < -0.4 is 9.80 Å². The summed E-state index contributed by atoms with van der Waals surface area (Å²) in [6.45, 7) is 7.11. The molecule has 3 aromatic rings. The molecule has 3 saturated heterocycles. The zero-order valence-corrected chi connectivity index (χ0v) is 21.0. The maximum absolute atomic E-state index is 11.8. The van der Waals surface area contributed by atoms with Crippen molar-refractivity contribution < 1.29 is 8.42 Å². The highest BCUT2D eigenvalue weighted by molar-refractivity contribution is 7.92. The molecule has 182 valence electrons. The van der Waals surface area contributed by atoms with Gasteiger partial charge in [0.05, 0.1) is 23.7 Å².